The van der Waals surface area contributed by atoms with Gasteiger partial charge in [-0.15, -0.1) is 0 Å². The molecule has 0 aromatic carbocycles. The highest BCUT2D eigenvalue weighted by Gasteiger charge is 2.52. The van der Waals surface area contributed by atoms with E-state index in [0.29, 0.717) is 13.0 Å². The van der Waals surface area contributed by atoms with Crippen molar-refractivity contribution in [1.29, 1.82) is 0 Å². The lowest BCUT2D eigenvalue weighted by Gasteiger charge is -2.52. The zero-order chi connectivity index (χ0) is 16.3. The predicted octanol–water partition coefficient (Wildman–Crippen LogP) is 2.25. The molecule has 1 aliphatic rings. The van der Waals surface area contributed by atoms with Crippen molar-refractivity contribution >= 4 is 27.7 Å². The topological polar surface area (TPSA) is 53.5 Å². The molecule has 1 fully saturated rings. The average molecular weight is 368 g/mol. The highest BCUT2D eigenvalue weighted by atomic mass is 79.9. The number of hydrogen-bond acceptors (Lipinski definition) is 3. The van der Waals surface area contributed by atoms with E-state index >= 15 is 0 Å². The van der Waals surface area contributed by atoms with Crippen LogP contribution < -0.4 is 0 Å². The van der Waals surface area contributed by atoms with Crippen LogP contribution >= 0.6 is 15.9 Å². The van der Waals surface area contributed by atoms with Crippen molar-refractivity contribution in [2.24, 2.45) is 0 Å². The molecular formula is C16H22BrN3O2. The van der Waals surface area contributed by atoms with E-state index in [-0.39, 0.29) is 11.8 Å². The Morgan fingerprint density at radius 2 is 2.14 bits per heavy atom. The summed E-state index contributed by atoms with van der Waals surface area (Å²) in [5.41, 5.74) is 0.344. The van der Waals surface area contributed by atoms with Crippen molar-refractivity contribution in [3.05, 3.63) is 28.5 Å². The second-order valence-corrected chi connectivity index (χ2v) is 6.77. The Labute approximate surface area is 139 Å². The van der Waals surface area contributed by atoms with Gasteiger partial charge in [-0.05, 0) is 53.7 Å². The third-order valence-electron chi connectivity index (χ3n) is 4.25. The summed E-state index contributed by atoms with van der Waals surface area (Å²) in [4.78, 5) is 32.1. The van der Waals surface area contributed by atoms with Crippen LogP contribution in [-0.2, 0) is 16.0 Å². The van der Waals surface area contributed by atoms with Gasteiger partial charge >= 0.3 is 0 Å². The first-order valence-electron chi connectivity index (χ1n) is 7.48. The lowest BCUT2D eigenvalue weighted by Crippen LogP contribution is -2.68. The number of amides is 2. The number of likely N-dealkylation sites (tertiary alicyclic amines) is 1. The van der Waals surface area contributed by atoms with Crippen LogP contribution in [0.4, 0.5) is 0 Å². The van der Waals surface area contributed by atoms with Gasteiger partial charge in [0.05, 0.1) is 0 Å². The van der Waals surface area contributed by atoms with Crippen molar-refractivity contribution in [1.82, 2.24) is 14.8 Å². The summed E-state index contributed by atoms with van der Waals surface area (Å²) >= 11 is 3.36. The van der Waals surface area contributed by atoms with Crippen molar-refractivity contribution < 1.29 is 9.59 Å². The molecule has 0 aliphatic carbocycles. The lowest BCUT2D eigenvalue weighted by atomic mass is 9.78. The van der Waals surface area contributed by atoms with Crippen LogP contribution in [0.1, 0.15) is 31.9 Å². The zero-order valence-corrected chi connectivity index (χ0v) is 14.9. The number of hydrogen-bond donors (Lipinski definition) is 0. The van der Waals surface area contributed by atoms with Crippen molar-refractivity contribution in [3.63, 3.8) is 0 Å². The largest absolute Gasteiger partial charge is 0.347 e. The quantitative estimate of drug-likeness (QED) is 0.750. The number of pyridine rings is 1. The van der Waals surface area contributed by atoms with Crippen molar-refractivity contribution in [3.8, 4) is 0 Å². The molecule has 2 amide bonds. The van der Waals surface area contributed by atoms with Gasteiger partial charge in [0.1, 0.15) is 10.1 Å². The van der Waals surface area contributed by atoms with Gasteiger partial charge in [-0.1, -0.05) is 6.07 Å². The Hall–Kier alpha value is -1.43. The Morgan fingerprint density at radius 3 is 2.64 bits per heavy atom. The molecule has 0 saturated carbocycles. The lowest BCUT2D eigenvalue weighted by molar-refractivity contribution is -0.164. The monoisotopic (exact) mass is 367 g/mol. The summed E-state index contributed by atoms with van der Waals surface area (Å²) in [5.74, 6) is -0.00168. The summed E-state index contributed by atoms with van der Waals surface area (Å²) in [5, 5.41) is 0. The maximum Gasteiger partial charge on any atom is 0.248 e. The fourth-order valence-corrected chi connectivity index (χ4v) is 3.49. The summed E-state index contributed by atoms with van der Waals surface area (Å²) in [6, 6.07) is 5.83. The minimum absolute atomic E-state index is 0.0242. The number of aromatic nitrogens is 1. The number of nitrogens with zero attached hydrogens (tertiary/aromatic N) is 3. The molecule has 5 nitrogen and oxygen atoms in total. The fourth-order valence-electron chi connectivity index (χ4n) is 3.11. The highest BCUT2D eigenvalue weighted by Crippen LogP contribution is 2.37. The zero-order valence-electron chi connectivity index (χ0n) is 13.3. The molecule has 1 aromatic heterocycles. The van der Waals surface area contributed by atoms with Crippen LogP contribution in [-0.4, -0.2) is 52.8 Å². The molecule has 1 aliphatic heterocycles. The molecule has 6 heteroatoms. The van der Waals surface area contributed by atoms with Crippen LogP contribution in [0.5, 0.6) is 0 Å². The van der Waals surface area contributed by atoms with Gasteiger partial charge < -0.3 is 9.80 Å². The second kappa shape index (κ2) is 6.77. The van der Waals surface area contributed by atoms with E-state index < -0.39 is 5.54 Å². The molecular weight excluding hydrogens is 346 g/mol. The summed E-state index contributed by atoms with van der Waals surface area (Å²) in [7, 11) is 3.49. The Balaban J connectivity index is 2.05. The summed E-state index contributed by atoms with van der Waals surface area (Å²) in [6.45, 7) is 2.21. The number of carbonyl (C=O) groups is 2. The molecule has 1 atom stereocenters. The molecule has 0 unspecified atom stereocenters. The third kappa shape index (κ3) is 3.32. The smallest absolute Gasteiger partial charge is 0.248 e. The van der Waals surface area contributed by atoms with Gasteiger partial charge in [0, 0.05) is 33.3 Å². The number of carbonyl (C=O) groups excluding carboxylic acids is 2. The van der Waals surface area contributed by atoms with E-state index in [1.165, 1.54) is 6.92 Å². The fraction of sp³-hybridized carbons (Fsp3) is 0.562. The van der Waals surface area contributed by atoms with Gasteiger partial charge in [-0.2, -0.15) is 0 Å². The standard InChI is InChI=1S/C16H22BrN3O2/c1-12(21)20-11-10-16(20,15(22)19(2)3)9-5-7-13-6-4-8-14(17)18-13/h4,6,8H,5,7,9-11H2,1-3H3/t16-/m0/s1. The molecule has 0 bridgehead atoms. The number of aryl methyl sites for hydroxylation is 1. The Morgan fingerprint density at radius 1 is 1.41 bits per heavy atom. The van der Waals surface area contributed by atoms with Gasteiger partial charge in [-0.3, -0.25) is 9.59 Å². The van der Waals surface area contributed by atoms with E-state index in [1.807, 2.05) is 18.2 Å². The van der Waals surface area contributed by atoms with Gasteiger partial charge in [0.2, 0.25) is 11.8 Å². The first-order chi connectivity index (χ1) is 10.4. The Kier molecular flexibility index (Phi) is 5.21. The average Bonchev–Trinajstić information content (AvgIpc) is 2.41. The number of halogens is 1. The number of rotatable bonds is 5. The van der Waals surface area contributed by atoms with E-state index in [2.05, 4.69) is 20.9 Å². The molecule has 120 valence electrons. The summed E-state index contributed by atoms with van der Waals surface area (Å²) in [6.07, 6.45) is 3.05. The van der Waals surface area contributed by atoms with Crippen molar-refractivity contribution in [2.45, 2.75) is 38.1 Å². The molecule has 22 heavy (non-hydrogen) atoms. The Bertz CT molecular complexity index is 576. The van der Waals surface area contributed by atoms with Gasteiger partial charge in [0.15, 0.2) is 0 Å². The normalized spacial score (nSPS) is 20.5. The molecule has 1 saturated heterocycles. The molecule has 0 spiro atoms. The molecule has 2 heterocycles. The van der Waals surface area contributed by atoms with Crippen LogP contribution in [0.15, 0.2) is 22.8 Å². The summed E-state index contributed by atoms with van der Waals surface area (Å²) < 4.78 is 0.818. The molecule has 0 N–H and O–H groups in total. The van der Waals surface area contributed by atoms with Gasteiger partial charge in [-0.25, -0.2) is 4.98 Å². The number of likely N-dealkylation sites (N-methyl/N-ethyl adjacent to an activating group) is 1. The molecule has 1 aromatic rings. The van der Waals surface area contributed by atoms with E-state index in [0.717, 1.165) is 29.6 Å². The maximum atomic E-state index is 12.6. The molecule has 0 radical (unpaired) electrons. The first-order valence-corrected chi connectivity index (χ1v) is 8.27. The van der Waals surface area contributed by atoms with Crippen LogP contribution in [0, 0.1) is 0 Å². The van der Waals surface area contributed by atoms with E-state index in [1.54, 1.807) is 23.9 Å². The minimum atomic E-state index is -0.651. The van der Waals surface area contributed by atoms with Crippen LogP contribution in [0.25, 0.3) is 0 Å². The first kappa shape index (κ1) is 16.9. The third-order valence-corrected chi connectivity index (χ3v) is 4.69. The van der Waals surface area contributed by atoms with E-state index in [4.69, 9.17) is 0 Å². The van der Waals surface area contributed by atoms with Crippen LogP contribution in [0.2, 0.25) is 0 Å². The van der Waals surface area contributed by atoms with Crippen molar-refractivity contribution in [2.75, 3.05) is 20.6 Å². The molecule has 2 rings (SSSR count). The highest BCUT2D eigenvalue weighted by molar-refractivity contribution is 9.10. The van der Waals surface area contributed by atoms with E-state index in [9.17, 15) is 9.59 Å². The second-order valence-electron chi connectivity index (χ2n) is 5.96. The van der Waals surface area contributed by atoms with Crippen LogP contribution in [0.3, 0.4) is 0 Å². The predicted molar refractivity (Wildman–Crippen MR) is 88.3 cm³/mol. The minimum Gasteiger partial charge on any atom is -0.347 e. The van der Waals surface area contributed by atoms with Gasteiger partial charge in [0.25, 0.3) is 0 Å². The maximum absolute atomic E-state index is 12.6. The SMILES string of the molecule is CC(=O)N1CC[C@@]1(CCCc1cccc(Br)n1)C(=O)N(C)C.